The van der Waals surface area contributed by atoms with Crippen LogP contribution in [0.15, 0.2) is 18.3 Å². The molecule has 1 aromatic heterocycles. The first-order valence-electron chi connectivity index (χ1n) is 7.11. The van der Waals surface area contributed by atoms with Gasteiger partial charge in [-0.15, -0.1) is 0 Å². The van der Waals surface area contributed by atoms with Crippen molar-refractivity contribution in [3.8, 4) is 0 Å². The minimum absolute atomic E-state index is 0.117. The molecule has 19 heavy (non-hydrogen) atoms. The van der Waals surface area contributed by atoms with Gasteiger partial charge >= 0.3 is 0 Å². The fourth-order valence-corrected chi connectivity index (χ4v) is 3.92. The average Bonchev–Trinajstić information content (AvgIpc) is 2.74. The van der Waals surface area contributed by atoms with Crippen LogP contribution in [0.4, 0.5) is 0 Å². The maximum absolute atomic E-state index is 12.7. The molecule has 3 rings (SSSR count). The van der Waals surface area contributed by atoms with E-state index in [-0.39, 0.29) is 5.91 Å². The molecule has 0 radical (unpaired) electrons. The van der Waals surface area contributed by atoms with Crippen LogP contribution in [0, 0.1) is 5.92 Å². The number of nitrogens with zero attached hydrogens (tertiary/aromatic N) is 2. The lowest BCUT2D eigenvalue weighted by Crippen LogP contribution is -2.42. The van der Waals surface area contributed by atoms with Gasteiger partial charge in [0.15, 0.2) is 0 Å². The molecule has 0 aromatic carbocycles. The molecule has 2 fully saturated rings. The van der Waals surface area contributed by atoms with Crippen molar-refractivity contribution < 1.29 is 4.79 Å². The summed E-state index contributed by atoms with van der Waals surface area (Å²) >= 11 is 5.89. The van der Waals surface area contributed by atoms with Crippen LogP contribution in [0.3, 0.4) is 0 Å². The zero-order valence-corrected chi connectivity index (χ0v) is 11.9. The van der Waals surface area contributed by atoms with Gasteiger partial charge in [-0.25, -0.2) is 4.98 Å². The minimum Gasteiger partial charge on any atom is -0.333 e. The van der Waals surface area contributed by atoms with Crippen molar-refractivity contribution in [1.82, 2.24) is 9.88 Å². The van der Waals surface area contributed by atoms with E-state index in [9.17, 15) is 4.79 Å². The molecule has 1 aliphatic carbocycles. The lowest BCUT2D eigenvalue weighted by atomic mass is 9.85. The van der Waals surface area contributed by atoms with Gasteiger partial charge in [-0.2, -0.15) is 0 Å². The Labute approximate surface area is 119 Å². The normalized spacial score (nSPS) is 30.2. The first-order valence-corrected chi connectivity index (χ1v) is 7.49. The van der Waals surface area contributed by atoms with Crippen molar-refractivity contribution in [3.63, 3.8) is 0 Å². The summed E-state index contributed by atoms with van der Waals surface area (Å²) in [7, 11) is 0. The summed E-state index contributed by atoms with van der Waals surface area (Å²) in [5, 5.41) is 0.387. The molecule has 3 atom stereocenters. The van der Waals surface area contributed by atoms with Crippen LogP contribution < -0.4 is 0 Å². The van der Waals surface area contributed by atoms with E-state index < -0.39 is 0 Å². The monoisotopic (exact) mass is 278 g/mol. The second kappa shape index (κ2) is 5.12. The van der Waals surface area contributed by atoms with E-state index in [1.807, 2.05) is 0 Å². The number of hydrogen-bond acceptors (Lipinski definition) is 2. The van der Waals surface area contributed by atoms with E-state index in [0.717, 1.165) is 12.8 Å². The Morgan fingerprint density at radius 1 is 1.42 bits per heavy atom. The maximum Gasteiger partial charge on any atom is 0.254 e. The molecular formula is C15H19ClN2O. The van der Waals surface area contributed by atoms with Crippen LogP contribution in [0.5, 0.6) is 0 Å². The van der Waals surface area contributed by atoms with Crippen molar-refractivity contribution in [2.75, 3.05) is 0 Å². The molecule has 3 nitrogen and oxygen atoms in total. The fourth-order valence-electron chi connectivity index (χ4n) is 3.74. The molecule has 4 heteroatoms. The Morgan fingerprint density at radius 2 is 2.21 bits per heavy atom. The van der Waals surface area contributed by atoms with Gasteiger partial charge in [0.25, 0.3) is 5.91 Å². The molecule has 2 aliphatic rings. The highest BCUT2D eigenvalue weighted by Gasteiger charge is 2.42. The van der Waals surface area contributed by atoms with Crippen LogP contribution >= 0.6 is 11.6 Å². The van der Waals surface area contributed by atoms with E-state index in [1.54, 1.807) is 18.3 Å². The quantitative estimate of drug-likeness (QED) is 0.736. The fraction of sp³-hybridized carbons (Fsp3) is 0.600. The van der Waals surface area contributed by atoms with E-state index in [0.29, 0.717) is 28.7 Å². The van der Waals surface area contributed by atoms with Gasteiger partial charge in [0.1, 0.15) is 5.15 Å². The molecule has 2 heterocycles. The highest BCUT2D eigenvalue weighted by Crippen LogP contribution is 2.40. The van der Waals surface area contributed by atoms with Crippen molar-refractivity contribution in [3.05, 3.63) is 29.0 Å². The van der Waals surface area contributed by atoms with E-state index >= 15 is 0 Å². The zero-order chi connectivity index (χ0) is 13.4. The molecule has 0 spiro atoms. The molecule has 1 aromatic rings. The van der Waals surface area contributed by atoms with Crippen molar-refractivity contribution in [1.29, 1.82) is 0 Å². The molecule has 102 valence electrons. The number of likely N-dealkylation sites (tertiary alicyclic amines) is 1. The van der Waals surface area contributed by atoms with Gasteiger partial charge in [-0.05, 0) is 44.2 Å². The maximum atomic E-state index is 12.7. The van der Waals surface area contributed by atoms with E-state index in [2.05, 4.69) is 16.8 Å². The molecule has 0 N–H and O–H groups in total. The number of rotatable bonds is 1. The molecule has 1 amide bonds. The summed E-state index contributed by atoms with van der Waals surface area (Å²) in [6.45, 7) is 2.17. The van der Waals surface area contributed by atoms with Crippen LogP contribution in [0.1, 0.15) is 49.4 Å². The Kier molecular flexibility index (Phi) is 3.48. The van der Waals surface area contributed by atoms with Crippen LogP contribution in [0.25, 0.3) is 0 Å². The molecule has 3 unspecified atom stereocenters. The predicted octanol–water partition coefficient (Wildman–Crippen LogP) is 3.53. The molecule has 1 saturated heterocycles. The first-order chi connectivity index (χ1) is 9.16. The van der Waals surface area contributed by atoms with Crippen LogP contribution in [-0.4, -0.2) is 27.9 Å². The number of fused-ring (bicyclic) bond motifs is 1. The summed E-state index contributed by atoms with van der Waals surface area (Å²) < 4.78 is 0. The van der Waals surface area contributed by atoms with Gasteiger partial charge in [0.2, 0.25) is 0 Å². The number of aromatic nitrogens is 1. The topological polar surface area (TPSA) is 33.2 Å². The Balaban J connectivity index is 1.86. The van der Waals surface area contributed by atoms with Crippen LogP contribution in [0.2, 0.25) is 5.15 Å². The third-order valence-corrected chi connectivity index (χ3v) is 4.76. The SMILES string of the molecule is CC1CC2CCCCC2N1C(=O)c1ccnc(Cl)c1. The van der Waals surface area contributed by atoms with Crippen molar-refractivity contribution in [2.45, 2.75) is 51.1 Å². The van der Waals surface area contributed by atoms with Crippen LogP contribution in [-0.2, 0) is 0 Å². The second-order valence-corrected chi connectivity index (χ2v) is 6.16. The first kappa shape index (κ1) is 12.9. The summed E-state index contributed by atoms with van der Waals surface area (Å²) in [4.78, 5) is 18.7. The van der Waals surface area contributed by atoms with Gasteiger partial charge < -0.3 is 4.90 Å². The van der Waals surface area contributed by atoms with Gasteiger partial charge in [-0.3, -0.25) is 4.79 Å². The van der Waals surface area contributed by atoms with Crippen molar-refractivity contribution in [2.24, 2.45) is 5.92 Å². The molecule has 1 saturated carbocycles. The molecular weight excluding hydrogens is 260 g/mol. The smallest absolute Gasteiger partial charge is 0.254 e. The summed E-state index contributed by atoms with van der Waals surface area (Å²) in [6, 6.07) is 4.21. The zero-order valence-electron chi connectivity index (χ0n) is 11.2. The second-order valence-electron chi connectivity index (χ2n) is 5.78. The largest absolute Gasteiger partial charge is 0.333 e. The number of carbonyl (C=O) groups is 1. The number of hydrogen-bond donors (Lipinski definition) is 0. The molecule has 0 bridgehead atoms. The number of amides is 1. The highest BCUT2D eigenvalue weighted by atomic mass is 35.5. The highest BCUT2D eigenvalue weighted by molar-refractivity contribution is 6.29. The third-order valence-electron chi connectivity index (χ3n) is 4.55. The Hall–Kier alpha value is -1.09. The average molecular weight is 279 g/mol. The lowest BCUT2D eigenvalue weighted by Gasteiger charge is -2.33. The van der Waals surface area contributed by atoms with Gasteiger partial charge in [0.05, 0.1) is 0 Å². The van der Waals surface area contributed by atoms with E-state index in [4.69, 9.17) is 11.6 Å². The third kappa shape index (κ3) is 2.36. The van der Waals surface area contributed by atoms with E-state index in [1.165, 1.54) is 19.3 Å². The Bertz CT molecular complexity index is 491. The standard InChI is InChI=1S/C15H19ClN2O/c1-10-8-11-4-2-3-5-13(11)18(10)15(19)12-6-7-17-14(16)9-12/h6-7,9-11,13H,2-5,8H2,1H3. The number of carbonyl (C=O) groups excluding carboxylic acids is 1. The minimum atomic E-state index is 0.117. The van der Waals surface area contributed by atoms with Gasteiger partial charge in [-0.1, -0.05) is 24.4 Å². The molecule has 1 aliphatic heterocycles. The van der Waals surface area contributed by atoms with Gasteiger partial charge in [0, 0.05) is 23.8 Å². The summed E-state index contributed by atoms with van der Waals surface area (Å²) in [5.74, 6) is 0.816. The Morgan fingerprint density at radius 3 is 3.00 bits per heavy atom. The van der Waals surface area contributed by atoms with Crippen molar-refractivity contribution >= 4 is 17.5 Å². The number of halogens is 1. The number of pyridine rings is 1. The lowest BCUT2D eigenvalue weighted by molar-refractivity contribution is 0.0633. The predicted molar refractivity (Wildman–Crippen MR) is 75.2 cm³/mol. The summed E-state index contributed by atoms with van der Waals surface area (Å²) in [5.41, 5.74) is 0.665. The summed E-state index contributed by atoms with van der Waals surface area (Å²) in [6.07, 6.45) is 7.74.